The minimum absolute atomic E-state index is 0. The Bertz CT molecular complexity index is 2560. The molecule has 11 rings (SSSR count). The topological polar surface area (TPSA) is 125 Å². The second kappa shape index (κ2) is 58.8. The fourth-order valence-corrected chi connectivity index (χ4v) is 20.6. The van der Waals surface area contributed by atoms with Crippen molar-refractivity contribution in [3.63, 3.8) is 0 Å². The normalized spacial score (nSPS) is 31.9. The highest BCUT2D eigenvalue weighted by Crippen LogP contribution is 2.46. The Labute approximate surface area is 801 Å². The summed E-state index contributed by atoms with van der Waals surface area (Å²) in [6.07, 6.45) is 35.7. The van der Waals surface area contributed by atoms with Gasteiger partial charge in [0.2, 0.25) is 0 Å². The maximum atomic E-state index is 8.58. The molecule has 0 aromatic rings. The summed E-state index contributed by atoms with van der Waals surface area (Å²) in [5, 5.41) is 8.58. The molecular weight excluding hydrogens is 1580 g/mol. The van der Waals surface area contributed by atoms with E-state index in [1.807, 2.05) is 0 Å². The van der Waals surface area contributed by atoms with Gasteiger partial charge < -0.3 is 52.1 Å². The smallest absolute Gasteiger partial charge is 0.0707 e. The molecule has 0 bridgehead atoms. The van der Waals surface area contributed by atoms with Crippen LogP contribution >= 0.6 is 0 Å². The highest BCUT2D eigenvalue weighted by Gasteiger charge is 2.40. The summed E-state index contributed by atoms with van der Waals surface area (Å²) in [6, 6.07) is 2.18. The predicted molar refractivity (Wildman–Crippen MR) is 553 cm³/mol. The molecule has 12 heteroatoms. The number of rotatable bonds is 4. The summed E-state index contributed by atoms with van der Waals surface area (Å²) < 4.78 is 61.2. The van der Waals surface area contributed by atoms with Crippen LogP contribution in [0.15, 0.2) is 0 Å². The lowest BCUT2D eigenvalue weighted by Gasteiger charge is -2.41. The zero-order chi connectivity index (χ0) is 97.8. The molecule has 11 fully saturated rings. The molecule has 0 saturated carbocycles. The number of hydrogen-bond acceptors (Lipinski definition) is 12. The van der Waals surface area contributed by atoms with Gasteiger partial charge in [0.15, 0.2) is 0 Å². The lowest BCUT2D eigenvalue weighted by molar-refractivity contribution is -0.0913. The Balaban J connectivity index is 0.00000139. The third-order valence-electron chi connectivity index (χ3n) is 31.2. The standard InChI is InChI=1S/C11H19NO.5C11H22O.4C10H20O.C9H18O.CH4/c1-11(2,3)9-5-7-13-10(8-9)4-6-12;1-8-6-10(11(3,4)5)7-9(2)12-8;1-10(2,3)9-6-7-12-11(4,5)8-9;3*1-5-10-8-9(6-7-12-10)11(2,3)4;4*1-8-7-9(5-6-11-8)10(2,3)4;1-9(2,3)8-4-6-10-7-5-8;/h9-10H,4-5,7-8H2,1-3H3;8-10H,6-7H2,1-5H3;9H,6-8H2,1-5H3;3*9-10H,5-8H2,1-4H3;4*8-9H,5-7H2,1-4H3;8H,4-7H2,1-3H3;1H4/t9-,10-;8-,9+,10?;;3*9-,10-;2*8-,9+;2*8-,9-;;/m1..1001010../s1. The van der Waals surface area contributed by atoms with E-state index in [1.165, 1.54) is 148 Å². The first-order valence-electron chi connectivity index (χ1n) is 53.1. The van der Waals surface area contributed by atoms with E-state index in [0.717, 1.165) is 145 Å². The fraction of sp³-hybridized carbons (Fsp3) is 0.991. The van der Waals surface area contributed by atoms with Gasteiger partial charge in [0, 0.05) is 72.7 Å². The number of ether oxygens (including phenoxy) is 11. The van der Waals surface area contributed by atoms with Crippen LogP contribution < -0.4 is 0 Å². The molecular formula is C116H231NO11. The number of nitrogens with zero attached hydrogens (tertiary/aromatic N) is 1. The Morgan fingerprint density at radius 1 is 0.242 bits per heavy atom. The minimum atomic E-state index is 0. The van der Waals surface area contributed by atoms with Crippen LogP contribution in [0.3, 0.4) is 0 Å². The quantitative estimate of drug-likeness (QED) is 0.266. The molecule has 12 nitrogen and oxygen atoms in total. The van der Waals surface area contributed by atoms with E-state index in [1.54, 1.807) is 0 Å². The van der Waals surface area contributed by atoms with E-state index < -0.39 is 0 Å². The summed E-state index contributed by atoms with van der Waals surface area (Å²) in [4.78, 5) is 0. The largest absolute Gasteiger partial charge is 0.381 e. The molecule has 0 N–H and O–H groups in total. The molecule has 766 valence electrons. The van der Waals surface area contributed by atoms with Gasteiger partial charge in [-0.05, 0) is 341 Å². The molecule has 0 aromatic heterocycles. The van der Waals surface area contributed by atoms with Crippen molar-refractivity contribution in [3.05, 3.63) is 0 Å². The lowest BCUT2D eigenvalue weighted by atomic mass is 9.72. The van der Waals surface area contributed by atoms with Crippen molar-refractivity contribution in [2.75, 3.05) is 72.7 Å². The highest BCUT2D eigenvalue weighted by atomic mass is 16.5. The first-order chi connectivity index (χ1) is 58.0. The van der Waals surface area contributed by atoms with E-state index in [-0.39, 0.29) is 19.1 Å². The van der Waals surface area contributed by atoms with Crippen LogP contribution in [0.5, 0.6) is 0 Å². The molecule has 0 amide bonds. The summed E-state index contributed by atoms with van der Waals surface area (Å²) in [7, 11) is 0. The number of hydrogen-bond donors (Lipinski definition) is 0. The molecule has 2 unspecified atom stereocenters. The Hall–Kier alpha value is -0.950. The molecule has 20 atom stereocenters. The van der Waals surface area contributed by atoms with Crippen molar-refractivity contribution < 1.29 is 52.1 Å². The van der Waals surface area contributed by atoms with Gasteiger partial charge in [-0.25, -0.2) is 0 Å². The van der Waals surface area contributed by atoms with Gasteiger partial charge in [0.05, 0.1) is 79.1 Å². The highest BCUT2D eigenvalue weighted by molar-refractivity contribution is 4.90. The Morgan fingerprint density at radius 3 is 0.625 bits per heavy atom. The van der Waals surface area contributed by atoms with Crippen LogP contribution in [0.25, 0.3) is 0 Å². The molecule has 11 saturated heterocycles. The van der Waals surface area contributed by atoms with Crippen molar-refractivity contribution in [2.45, 2.75) is 546 Å². The molecule has 0 aromatic carbocycles. The summed E-state index contributed by atoms with van der Waals surface area (Å²) in [5.74, 6) is 9.22. The van der Waals surface area contributed by atoms with Crippen molar-refractivity contribution in [3.8, 4) is 6.07 Å². The maximum Gasteiger partial charge on any atom is 0.0707 e. The molecule has 11 heterocycles. The second-order valence-electron chi connectivity index (χ2n) is 54.2. The second-order valence-corrected chi connectivity index (χ2v) is 54.2. The Kier molecular flexibility index (Phi) is 58.4. The van der Waals surface area contributed by atoms with Gasteiger partial charge in [-0.1, -0.05) is 257 Å². The molecule has 0 radical (unpaired) electrons. The summed E-state index contributed by atoms with van der Waals surface area (Å²) in [5.41, 5.74) is 5.14. The molecule has 0 aliphatic carbocycles. The fourth-order valence-electron chi connectivity index (χ4n) is 20.6. The average molecular weight is 1820 g/mol. The third-order valence-corrected chi connectivity index (χ3v) is 31.2. The minimum Gasteiger partial charge on any atom is -0.381 e. The lowest BCUT2D eigenvalue weighted by Crippen LogP contribution is -2.38. The first-order valence-corrected chi connectivity index (χ1v) is 53.1. The predicted octanol–water partition coefficient (Wildman–Crippen LogP) is 33.4. The SMILES string of the molecule is C.CC(C)(C)C1CCOCC1.CC(C)(C)[C@@H]1CCO[C@H](CC#N)C1.CC1(C)CC(C(C)(C)C)CCO1.CC[C@@H]1C[C@H](C(C)(C)C)CCO1.CC[C@H]1C[C@@H](C(C)(C)C)CCO1.CC[C@H]1C[C@@H](C(C)(C)C)CCO1.C[C@@H]1CC(C(C)(C)C)C[C@H](C)O1.C[C@@H]1C[C@@H](C(C)(C)C)CCO1.C[C@@H]1C[C@H](C(C)(C)C)CCO1.C[C@H]1C[C@@H](C(C)(C)C)CCO1.C[C@H]1C[C@H](C(C)(C)C)CCO1. The molecule has 11 aliphatic heterocycles. The van der Waals surface area contributed by atoms with Gasteiger partial charge >= 0.3 is 0 Å². The van der Waals surface area contributed by atoms with Gasteiger partial charge in [0.25, 0.3) is 0 Å². The van der Waals surface area contributed by atoms with Crippen molar-refractivity contribution >= 4 is 0 Å². The van der Waals surface area contributed by atoms with Crippen molar-refractivity contribution in [2.24, 2.45) is 125 Å². The monoisotopic (exact) mass is 1810 g/mol. The summed E-state index contributed by atoms with van der Waals surface area (Å²) in [6.45, 7) is 111. The third kappa shape index (κ3) is 55.6. The van der Waals surface area contributed by atoms with E-state index in [2.05, 4.69) is 311 Å². The Morgan fingerprint density at radius 2 is 0.438 bits per heavy atom. The van der Waals surface area contributed by atoms with Crippen LogP contribution in [0, 0.1) is 136 Å². The molecule has 128 heavy (non-hydrogen) atoms. The van der Waals surface area contributed by atoms with E-state index in [9.17, 15) is 0 Å². The van der Waals surface area contributed by atoms with Gasteiger partial charge in [-0.15, -0.1) is 0 Å². The molecule has 11 aliphatic rings. The van der Waals surface area contributed by atoms with Crippen molar-refractivity contribution in [1.29, 1.82) is 5.26 Å². The van der Waals surface area contributed by atoms with E-state index >= 15 is 0 Å². The van der Waals surface area contributed by atoms with Gasteiger partial charge in [-0.2, -0.15) is 5.26 Å². The first kappa shape index (κ1) is 127. The van der Waals surface area contributed by atoms with Crippen LogP contribution in [-0.2, 0) is 52.1 Å². The van der Waals surface area contributed by atoms with Crippen LogP contribution in [0.1, 0.15) is 479 Å². The van der Waals surface area contributed by atoms with Crippen LogP contribution in [-0.4, -0.2) is 139 Å². The molecule has 0 spiro atoms. The average Bonchev–Trinajstić information content (AvgIpc) is 0.829. The zero-order valence-corrected chi connectivity index (χ0v) is 93.7. The van der Waals surface area contributed by atoms with E-state index in [4.69, 9.17) is 57.4 Å². The van der Waals surface area contributed by atoms with Gasteiger partial charge in [0.1, 0.15) is 0 Å². The van der Waals surface area contributed by atoms with Gasteiger partial charge in [-0.3, -0.25) is 0 Å². The van der Waals surface area contributed by atoms with Crippen molar-refractivity contribution in [1.82, 2.24) is 0 Å². The zero-order valence-electron chi connectivity index (χ0n) is 93.7. The maximum absolute atomic E-state index is 8.58. The van der Waals surface area contributed by atoms with Crippen LogP contribution in [0.4, 0.5) is 0 Å². The van der Waals surface area contributed by atoms with Crippen LogP contribution in [0.2, 0.25) is 0 Å². The number of nitriles is 1. The van der Waals surface area contributed by atoms with E-state index in [0.29, 0.717) is 127 Å². The summed E-state index contributed by atoms with van der Waals surface area (Å²) >= 11 is 0.